The van der Waals surface area contributed by atoms with Gasteiger partial charge in [0.2, 0.25) is 11.8 Å². The second-order valence-electron chi connectivity index (χ2n) is 19.9. The molecule has 4 fully saturated rings. The van der Waals surface area contributed by atoms with Crippen molar-refractivity contribution < 1.29 is 116 Å². The van der Waals surface area contributed by atoms with Crippen molar-refractivity contribution in [1.29, 1.82) is 0 Å². The number of quaternary nitrogens is 1. The third-order valence-electron chi connectivity index (χ3n) is 13.7. The maximum absolute atomic E-state index is 16.7. The summed E-state index contributed by atoms with van der Waals surface area (Å²) in [4.78, 5) is 129. The van der Waals surface area contributed by atoms with Gasteiger partial charge in [0.15, 0.2) is 48.0 Å². The zero-order valence-corrected chi connectivity index (χ0v) is 49.7. The van der Waals surface area contributed by atoms with E-state index in [-0.39, 0.29) is 123 Å². The van der Waals surface area contributed by atoms with E-state index < -0.39 is 130 Å². The van der Waals surface area contributed by atoms with Gasteiger partial charge in [-0.2, -0.15) is 0 Å². The van der Waals surface area contributed by atoms with E-state index >= 15 is 13.3 Å². The zero-order chi connectivity index (χ0) is 59.0. The van der Waals surface area contributed by atoms with E-state index in [0.717, 1.165) is 29.5 Å². The van der Waals surface area contributed by atoms with Gasteiger partial charge in [-0.25, -0.2) is 37.9 Å². The van der Waals surface area contributed by atoms with Crippen LogP contribution in [0.3, 0.4) is 0 Å². The molecule has 36 heteroatoms. The number of alkyl halides is 2. The molecule has 1 radical (unpaired) electrons. The average molecular weight is 1400 g/mol. The van der Waals surface area contributed by atoms with Crippen LogP contribution in [0.1, 0.15) is 82.4 Å². The number of nitrogen functional groups attached to an aromatic ring is 1. The summed E-state index contributed by atoms with van der Waals surface area (Å²) in [6, 6.07) is 4.28. The van der Waals surface area contributed by atoms with E-state index in [1.807, 2.05) is 4.98 Å². The first kappa shape index (κ1) is 67.8. The number of H-pyrrole nitrogens is 1. The molecule has 0 bridgehead atoms. The predicted molar refractivity (Wildman–Crippen MR) is 288 cm³/mol. The summed E-state index contributed by atoms with van der Waals surface area (Å²) < 4.78 is 97.2. The third-order valence-corrected chi connectivity index (χ3v) is 18.3. The van der Waals surface area contributed by atoms with Crippen LogP contribution in [0.15, 0.2) is 58.8 Å². The maximum atomic E-state index is 16.7. The Bertz CT molecular complexity index is 3220. The number of carbonyl (C=O) groups is 6. The van der Waals surface area contributed by atoms with Gasteiger partial charge in [-0.3, -0.25) is 58.1 Å². The van der Waals surface area contributed by atoms with Crippen LogP contribution in [0.2, 0.25) is 0 Å². The molecule has 12 N–H and O–H groups in total. The second-order valence-corrected chi connectivity index (χ2v) is 25.3. The number of unbranched alkanes of at least 4 members (excludes halogenated alkanes) is 2. The van der Waals surface area contributed by atoms with Gasteiger partial charge < -0.3 is 66.7 Å². The molecule has 467 valence electrons. The van der Waals surface area contributed by atoms with Crippen LogP contribution in [0.4, 0.5) is 19.4 Å². The molecule has 0 saturated carbocycles. The van der Waals surface area contributed by atoms with Gasteiger partial charge in [0, 0.05) is 80.8 Å². The van der Waals surface area contributed by atoms with Crippen LogP contribution in [-0.4, -0.2) is 145 Å². The number of anilines is 1. The zero-order valence-electron chi connectivity index (χ0n) is 45.4. The molecule has 4 aliphatic rings. The quantitative estimate of drug-likeness (QED) is 0.0255. The first-order valence-corrected chi connectivity index (χ1v) is 30.5. The van der Waals surface area contributed by atoms with Crippen molar-refractivity contribution in [3.8, 4) is 0 Å². The number of benzene rings is 1. The number of imidazole rings is 1. The molecule has 4 unspecified atom stereocenters. The second kappa shape index (κ2) is 29.9. The Kier molecular flexibility index (Phi) is 24.1. The number of hydrogen-bond acceptors (Lipinski definition) is 22. The molecule has 4 aromatic rings. The standard InChI is InChI=1S/C48H61F2N12O17P2S.H3N.Tm/c1-25(2)38(58-32(64)8-4-3-5-17-60-34(66)13-14-35(60)67)44(68)57-28(7-6-16-53-47(52)69)29(63)19-26-9-11-27(12-10-26)22-82-81(73)75-21-31-40(36(49)46(77-31)62-24-56-39-42(51)54-23-55-43(39)62)78-80(71,72)74-20-30-41(79-81)37(50)45(76-30)61-18-15-33(65)59-48(61)70;;/h9-13,15,18,23-25,28,30-31,36-38,40-41,45-46H,3-8,14,16-17,19-22H2,1-2H3,(H,57,68)(H,58,64)(H,71,72)(H2,51,54,55)(H3,52,53,69)(H,59,65,70);1H3;/q-1;;/t28?,30-,31-,36-,37-,38?,40-,41-,45-,46-,81?;;/m1../s1. The topological polar surface area (TPSA) is 441 Å². The van der Waals surface area contributed by atoms with Gasteiger partial charge >= 0.3 is 18.5 Å². The molecule has 4 aliphatic heterocycles. The minimum Gasteiger partial charge on any atom is -0.756 e. The number of phosphoric ester groups is 1. The number of imide groups is 1. The number of amides is 6. The number of nitrogens with one attached hydrogen (secondary N) is 4. The number of aromatic amines is 1. The van der Waals surface area contributed by atoms with Gasteiger partial charge in [-0.1, -0.05) is 51.0 Å². The number of nitrogens with two attached hydrogens (primary N) is 2. The van der Waals surface area contributed by atoms with Gasteiger partial charge in [0.05, 0.1) is 31.5 Å². The number of nitrogens with zero attached hydrogens (tertiary/aromatic N) is 6. The van der Waals surface area contributed by atoms with Crippen LogP contribution in [0.5, 0.6) is 0 Å². The number of ketones is 1. The number of likely N-dealkylation sites (tertiary alicyclic amines) is 1. The third kappa shape index (κ3) is 17.0. The van der Waals surface area contributed by atoms with Crippen molar-refractivity contribution in [3.63, 3.8) is 0 Å². The first-order chi connectivity index (χ1) is 39.0. The summed E-state index contributed by atoms with van der Waals surface area (Å²) >= 11 is 0.529. The molecule has 8 rings (SSSR count). The number of carbonyl (C=O) groups excluding carboxylic acids is 6. The van der Waals surface area contributed by atoms with E-state index in [1.165, 1.54) is 11.3 Å². The number of phosphoric acid groups is 1. The molecule has 1 aromatic carbocycles. The van der Waals surface area contributed by atoms with E-state index in [0.29, 0.717) is 46.3 Å². The van der Waals surface area contributed by atoms with E-state index in [9.17, 15) is 47.8 Å². The van der Waals surface area contributed by atoms with Crippen molar-refractivity contribution >= 4 is 78.4 Å². The summed E-state index contributed by atoms with van der Waals surface area (Å²) in [5.74, 6) is -2.76. The summed E-state index contributed by atoms with van der Waals surface area (Å²) in [6.45, 7) is -2.98. The molecule has 84 heavy (non-hydrogen) atoms. The van der Waals surface area contributed by atoms with Crippen molar-refractivity contribution in [3.05, 3.63) is 87.6 Å². The Balaban J connectivity index is 0.00000566. The monoisotopic (exact) mass is 1400 g/mol. The SMILES string of the molecule is CC(C)C(NC(=O)CCCCCN1C(=O)[CH-]CC1=O)C(=O)NC(CCCNC(N)=O)C(=O)Cc1ccc(CSP2(=O)OC[C@H]3O[C@@H](n4cnc5c(N)ncnc54)[C@H](F)[C@@H]3OP(=O)([O-])OC[C@H]3O[C@@H](n4ccc(=O)[nH]c4=O)[C@H](F)[C@@H]3O2)cc1.[NH4+].[Tm]. The predicted octanol–water partition coefficient (Wildman–Crippen LogP) is 1.84. The molecule has 12 atom stereocenters. The van der Waals surface area contributed by atoms with Crippen molar-refractivity contribution in [2.24, 2.45) is 11.7 Å². The van der Waals surface area contributed by atoms with Crippen molar-refractivity contribution in [2.45, 2.75) is 132 Å². The fourth-order valence-corrected chi connectivity index (χ4v) is 13.7. The number of halogens is 2. The molecule has 6 amide bonds. The Morgan fingerprint density at radius 2 is 1.56 bits per heavy atom. The maximum Gasteiger partial charge on any atom is 0.389 e. The Labute approximate surface area is 510 Å². The smallest absolute Gasteiger partial charge is 0.389 e. The fourth-order valence-electron chi connectivity index (χ4n) is 9.39. The number of ether oxygens (including phenoxy) is 2. The average Bonchev–Trinajstić information content (AvgIpc) is 3.83. The number of primary amides is 1. The van der Waals surface area contributed by atoms with Crippen LogP contribution in [0.25, 0.3) is 11.2 Å². The number of rotatable bonds is 22. The van der Waals surface area contributed by atoms with Gasteiger partial charge in [0.1, 0.15) is 42.3 Å². The summed E-state index contributed by atoms with van der Waals surface area (Å²) in [7, 11) is -5.55. The van der Waals surface area contributed by atoms with Crippen molar-refractivity contribution in [2.75, 3.05) is 32.0 Å². The Morgan fingerprint density at radius 3 is 2.21 bits per heavy atom. The van der Waals surface area contributed by atoms with E-state index in [1.54, 1.807) is 38.1 Å². The van der Waals surface area contributed by atoms with Crippen LogP contribution in [-0.2, 0) is 72.8 Å². The molecular formula is C48H64F2N13O17P2STm-. The number of hydrogen-bond donors (Lipinski definition) is 7. The number of fused-ring (bicyclic) bond motifs is 3. The van der Waals surface area contributed by atoms with Crippen LogP contribution < -0.4 is 49.7 Å². The normalized spacial score (nSPS) is 26.8. The molecule has 7 heterocycles. The van der Waals surface area contributed by atoms with Crippen molar-refractivity contribution in [1.82, 2.24) is 56.1 Å². The van der Waals surface area contributed by atoms with Gasteiger partial charge in [-0.15, -0.1) is 0 Å². The largest absolute Gasteiger partial charge is 0.756 e. The minimum atomic E-state index is -5.55. The first-order valence-electron chi connectivity index (χ1n) is 26.0. The van der Waals surface area contributed by atoms with Crippen LogP contribution >= 0.6 is 26.0 Å². The number of Topliss-reactive ketones (excluding diaryl/α,β-unsaturated/α-hetero) is 1. The minimum absolute atomic E-state index is 0. The van der Waals surface area contributed by atoms with Gasteiger partial charge in [-0.05, 0) is 54.1 Å². The number of urea groups is 1. The molecule has 0 spiro atoms. The Hall–Kier alpha value is -5.28. The molecule has 3 aromatic heterocycles. The molecule has 4 saturated heterocycles. The number of aromatic nitrogens is 6. The van der Waals surface area contributed by atoms with Gasteiger partial charge in [0.25, 0.3) is 13.4 Å². The molecule has 30 nitrogen and oxygen atoms in total. The molecular weight excluding hydrogens is 1330 g/mol. The molecule has 0 aliphatic carbocycles. The van der Waals surface area contributed by atoms with Crippen LogP contribution in [0, 0.1) is 49.2 Å². The van der Waals surface area contributed by atoms with E-state index in [2.05, 4.69) is 30.9 Å². The summed E-state index contributed by atoms with van der Waals surface area (Å²) in [5, 5.41) is 7.95. The summed E-state index contributed by atoms with van der Waals surface area (Å²) in [5.41, 5.74) is 10.2. The Morgan fingerprint density at radius 1 is 0.893 bits per heavy atom. The fraction of sp³-hybridized carbons (Fsp3) is 0.542. The van der Waals surface area contributed by atoms with E-state index in [4.69, 9.17) is 39.0 Å². The summed E-state index contributed by atoms with van der Waals surface area (Å²) in [6.07, 6.45) is -9.67.